The minimum Gasteiger partial charge on any atom is -0.504 e. The second-order valence-electron chi connectivity index (χ2n) is 3.57. The summed E-state index contributed by atoms with van der Waals surface area (Å²) in [5.74, 6) is -0.0181. The first-order chi connectivity index (χ1) is 6.69. The highest BCUT2D eigenvalue weighted by Crippen LogP contribution is 2.29. The molecule has 0 radical (unpaired) electrons. The van der Waals surface area contributed by atoms with E-state index in [1.165, 1.54) is 0 Å². The molecule has 2 nitrogen and oxygen atoms in total. The van der Waals surface area contributed by atoms with Crippen LogP contribution >= 0.6 is 0 Å². The molecule has 0 saturated carbocycles. The lowest BCUT2D eigenvalue weighted by atomic mass is 9.99. The first-order valence-corrected chi connectivity index (χ1v) is 5.22. The number of benzene rings is 1. The molecule has 0 spiro atoms. The SMILES string of the molecule is CCCCc1cc(O)c(O)cc1CC. The monoisotopic (exact) mass is 194 g/mol. The van der Waals surface area contributed by atoms with E-state index in [1.54, 1.807) is 12.1 Å². The zero-order valence-corrected chi connectivity index (χ0v) is 8.88. The molecule has 14 heavy (non-hydrogen) atoms. The Morgan fingerprint density at radius 1 is 1.00 bits per heavy atom. The summed E-state index contributed by atoms with van der Waals surface area (Å²) in [5.41, 5.74) is 2.29. The average molecular weight is 194 g/mol. The lowest BCUT2D eigenvalue weighted by Crippen LogP contribution is -1.93. The maximum Gasteiger partial charge on any atom is 0.157 e. The van der Waals surface area contributed by atoms with E-state index in [0.29, 0.717) is 0 Å². The summed E-state index contributed by atoms with van der Waals surface area (Å²) < 4.78 is 0. The van der Waals surface area contributed by atoms with E-state index in [-0.39, 0.29) is 11.5 Å². The van der Waals surface area contributed by atoms with Crippen LogP contribution in [0, 0.1) is 0 Å². The Labute approximate surface area is 85.2 Å². The van der Waals surface area contributed by atoms with Crippen LogP contribution < -0.4 is 0 Å². The summed E-state index contributed by atoms with van der Waals surface area (Å²) in [5, 5.41) is 18.7. The zero-order valence-electron chi connectivity index (χ0n) is 8.88. The third kappa shape index (κ3) is 2.41. The van der Waals surface area contributed by atoms with Crippen molar-refractivity contribution < 1.29 is 10.2 Å². The number of rotatable bonds is 4. The van der Waals surface area contributed by atoms with Gasteiger partial charge in [0.15, 0.2) is 11.5 Å². The van der Waals surface area contributed by atoms with Gasteiger partial charge in [-0.25, -0.2) is 0 Å². The zero-order chi connectivity index (χ0) is 10.6. The van der Waals surface area contributed by atoms with Gasteiger partial charge in [0.2, 0.25) is 0 Å². The molecule has 0 unspecified atom stereocenters. The Balaban J connectivity index is 2.95. The maximum absolute atomic E-state index is 9.37. The van der Waals surface area contributed by atoms with E-state index < -0.39 is 0 Å². The molecule has 1 aromatic rings. The molecule has 0 aliphatic rings. The van der Waals surface area contributed by atoms with Crippen LogP contribution in [-0.2, 0) is 12.8 Å². The smallest absolute Gasteiger partial charge is 0.157 e. The molecule has 0 aromatic heterocycles. The van der Waals surface area contributed by atoms with Crippen molar-refractivity contribution in [2.24, 2.45) is 0 Å². The van der Waals surface area contributed by atoms with Crippen molar-refractivity contribution in [1.29, 1.82) is 0 Å². The fraction of sp³-hybridized carbons (Fsp3) is 0.500. The van der Waals surface area contributed by atoms with Crippen LogP contribution in [0.4, 0.5) is 0 Å². The summed E-state index contributed by atoms with van der Waals surface area (Å²) in [6.45, 7) is 4.20. The first-order valence-electron chi connectivity index (χ1n) is 5.22. The number of phenols is 2. The third-order valence-electron chi connectivity index (χ3n) is 2.48. The van der Waals surface area contributed by atoms with Gasteiger partial charge in [-0.05, 0) is 42.5 Å². The van der Waals surface area contributed by atoms with Crippen LogP contribution in [0.2, 0.25) is 0 Å². The Morgan fingerprint density at radius 3 is 2.07 bits per heavy atom. The van der Waals surface area contributed by atoms with Gasteiger partial charge in [0.25, 0.3) is 0 Å². The van der Waals surface area contributed by atoms with Crippen molar-refractivity contribution in [2.75, 3.05) is 0 Å². The van der Waals surface area contributed by atoms with Crippen LogP contribution in [0.25, 0.3) is 0 Å². The van der Waals surface area contributed by atoms with Crippen molar-refractivity contribution in [3.63, 3.8) is 0 Å². The lowest BCUT2D eigenvalue weighted by molar-refractivity contribution is 0.402. The second-order valence-corrected chi connectivity index (χ2v) is 3.57. The predicted molar refractivity (Wildman–Crippen MR) is 57.8 cm³/mol. The molecule has 0 saturated heterocycles. The minimum absolute atomic E-state index is 0.00620. The summed E-state index contributed by atoms with van der Waals surface area (Å²) in [4.78, 5) is 0. The van der Waals surface area contributed by atoms with E-state index >= 15 is 0 Å². The quantitative estimate of drug-likeness (QED) is 0.723. The summed E-state index contributed by atoms with van der Waals surface area (Å²) in [6.07, 6.45) is 4.14. The molecule has 2 heteroatoms. The highest BCUT2D eigenvalue weighted by molar-refractivity contribution is 5.45. The molecular formula is C12H18O2. The molecule has 2 N–H and O–H groups in total. The normalized spacial score (nSPS) is 10.4. The fourth-order valence-electron chi connectivity index (χ4n) is 1.59. The van der Waals surface area contributed by atoms with Gasteiger partial charge in [-0.3, -0.25) is 0 Å². The summed E-state index contributed by atoms with van der Waals surface area (Å²) >= 11 is 0. The van der Waals surface area contributed by atoms with E-state index in [2.05, 4.69) is 13.8 Å². The first kappa shape index (κ1) is 10.9. The number of unbranched alkanes of at least 4 members (excludes halogenated alkanes) is 1. The topological polar surface area (TPSA) is 40.5 Å². The maximum atomic E-state index is 9.37. The summed E-state index contributed by atoms with van der Waals surface area (Å²) in [6, 6.07) is 3.35. The van der Waals surface area contributed by atoms with Gasteiger partial charge < -0.3 is 10.2 Å². The minimum atomic E-state index is -0.0119. The van der Waals surface area contributed by atoms with Gasteiger partial charge in [0.05, 0.1) is 0 Å². The number of phenolic OH excluding ortho intramolecular Hbond substituents is 2. The molecule has 0 aliphatic heterocycles. The van der Waals surface area contributed by atoms with E-state index in [9.17, 15) is 10.2 Å². The van der Waals surface area contributed by atoms with Crippen molar-refractivity contribution in [3.05, 3.63) is 23.3 Å². The second kappa shape index (κ2) is 4.89. The highest BCUT2D eigenvalue weighted by Gasteiger charge is 2.06. The van der Waals surface area contributed by atoms with Gasteiger partial charge in [0.1, 0.15) is 0 Å². The number of hydrogen-bond acceptors (Lipinski definition) is 2. The molecule has 0 fully saturated rings. The van der Waals surface area contributed by atoms with E-state index in [0.717, 1.165) is 36.8 Å². The van der Waals surface area contributed by atoms with Crippen molar-refractivity contribution >= 4 is 0 Å². The molecule has 78 valence electrons. The number of hydrogen-bond donors (Lipinski definition) is 2. The van der Waals surface area contributed by atoms with Crippen molar-refractivity contribution in [3.8, 4) is 11.5 Å². The molecular weight excluding hydrogens is 176 g/mol. The molecule has 0 atom stereocenters. The average Bonchev–Trinajstić information content (AvgIpc) is 2.19. The Kier molecular flexibility index (Phi) is 3.81. The largest absolute Gasteiger partial charge is 0.504 e. The molecule has 0 bridgehead atoms. The number of aromatic hydroxyl groups is 2. The molecule has 0 heterocycles. The van der Waals surface area contributed by atoms with Crippen molar-refractivity contribution in [2.45, 2.75) is 39.5 Å². The number of aryl methyl sites for hydroxylation is 2. The molecule has 1 rings (SSSR count). The van der Waals surface area contributed by atoms with Gasteiger partial charge in [-0.2, -0.15) is 0 Å². The summed E-state index contributed by atoms with van der Waals surface area (Å²) in [7, 11) is 0. The Morgan fingerprint density at radius 2 is 1.57 bits per heavy atom. The van der Waals surface area contributed by atoms with Gasteiger partial charge in [0, 0.05) is 0 Å². The van der Waals surface area contributed by atoms with Crippen LogP contribution in [0.15, 0.2) is 12.1 Å². The molecule has 0 aliphatic carbocycles. The van der Waals surface area contributed by atoms with Crippen LogP contribution in [0.1, 0.15) is 37.8 Å². The standard InChI is InChI=1S/C12H18O2/c1-3-5-6-10-8-12(14)11(13)7-9(10)4-2/h7-8,13-14H,3-6H2,1-2H3. The van der Waals surface area contributed by atoms with Crippen LogP contribution in [0.3, 0.4) is 0 Å². The lowest BCUT2D eigenvalue weighted by Gasteiger charge is -2.09. The molecule has 1 aromatic carbocycles. The van der Waals surface area contributed by atoms with Gasteiger partial charge in [-0.1, -0.05) is 20.3 Å². The Hall–Kier alpha value is -1.18. The van der Waals surface area contributed by atoms with Crippen LogP contribution in [-0.4, -0.2) is 10.2 Å². The molecule has 0 amide bonds. The van der Waals surface area contributed by atoms with Gasteiger partial charge in [-0.15, -0.1) is 0 Å². The highest BCUT2D eigenvalue weighted by atomic mass is 16.3. The fourth-order valence-corrected chi connectivity index (χ4v) is 1.59. The van der Waals surface area contributed by atoms with Crippen LogP contribution in [0.5, 0.6) is 11.5 Å². The third-order valence-corrected chi connectivity index (χ3v) is 2.48. The predicted octanol–water partition coefficient (Wildman–Crippen LogP) is 3.00. The Bertz CT molecular complexity index is 305. The van der Waals surface area contributed by atoms with E-state index in [1.807, 2.05) is 0 Å². The van der Waals surface area contributed by atoms with Gasteiger partial charge >= 0.3 is 0 Å². The van der Waals surface area contributed by atoms with Crippen molar-refractivity contribution in [1.82, 2.24) is 0 Å². The van der Waals surface area contributed by atoms with E-state index in [4.69, 9.17) is 0 Å².